The first-order valence-corrected chi connectivity index (χ1v) is 10.9. The first kappa shape index (κ1) is 23.4. The first-order valence-electron chi connectivity index (χ1n) is 8.82. The lowest BCUT2D eigenvalue weighted by Crippen LogP contribution is -2.45. The average molecular weight is 405 g/mol. The van der Waals surface area contributed by atoms with Crippen LogP contribution in [0.25, 0.3) is 0 Å². The van der Waals surface area contributed by atoms with Crippen molar-refractivity contribution in [1.29, 1.82) is 0 Å². The van der Waals surface area contributed by atoms with Crippen LogP contribution in [0.1, 0.15) is 66.0 Å². The van der Waals surface area contributed by atoms with E-state index in [4.69, 9.17) is 4.18 Å². The molecule has 1 unspecified atom stereocenters. The number of rotatable bonds is 10. The zero-order chi connectivity index (χ0) is 20.1. The van der Waals surface area contributed by atoms with Crippen molar-refractivity contribution in [2.24, 2.45) is 7.05 Å². The fourth-order valence-corrected chi connectivity index (χ4v) is 4.10. The van der Waals surface area contributed by atoms with Gasteiger partial charge in [-0.05, 0) is 46.6 Å². The van der Waals surface area contributed by atoms with Crippen LogP contribution in [-0.2, 0) is 22.2 Å². The summed E-state index contributed by atoms with van der Waals surface area (Å²) in [6, 6.07) is 1.27. The molecule has 0 fully saturated rings. The molecule has 1 aromatic heterocycles. The molecular formula is C18H32N2O4S2. The summed E-state index contributed by atoms with van der Waals surface area (Å²) in [5.74, 6) is 0.580. The van der Waals surface area contributed by atoms with Crippen molar-refractivity contribution in [2.75, 3.05) is 5.75 Å². The van der Waals surface area contributed by atoms with E-state index < -0.39 is 22.2 Å². The largest absolute Gasteiger partial charge is 0.387 e. The lowest BCUT2D eigenvalue weighted by molar-refractivity contribution is -0.0814. The summed E-state index contributed by atoms with van der Waals surface area (Å²) in [6.45, 7) is 10.9. The minimum absolute atomic E-state index is 0.140. The maximum absolute atomic E-state index is 12.1. The maximum Gasteiger partial charge on any atom is 0.250 e. The van der Waals surface area contributed by atoms with Gasteiger partial charge < -0.3 is 13.9 Å². The molecule has 6 nitrogen and oxygen atoms in total. The monoisotopic (exact) mass is 404 g/mol. The number of aryl methyl sites for hydroxylation is 1. The Morgan fingerprint density at radius 1 is 1.38 bits per heavy atom. The van der Waals surface area contributed by atoms with Crippen LogP contribution in [0.2, 0.25) is 0 Å². The third-order valence-corrected chi connectivity index (χ3v) is 6.79. The molecule has 0 amide bonds. The van der Waals surface area contributed by atoms with Gasteiger partial charge in [0.15, 0.2) is 0 Å². The molecule has 0 spiro atoms. The third kappa shape index (κ3) is 6.49. The highest BCUT2D eigenvalue weighted by Crippen LogP contribution is 2.35. The van der Waals surface area contributed by atoms with Gasteiger partial charge in [-0.25, -0.2) is 8.93 Å². The highest BCUT2D eigenvalue weighted by atomic mass is 32.2. The summed E-state index contributed by atoms with van der Waals surface area (Å²) in [4.78, 5) is 12.8. The molecule has 0 saturated carbocycles. The van der Waals surface area contributed by atoms with Crippen molar-refractivity contribution in [1.82, 2.24) is 9.29 Å². The zero-order valence-corrected chi connectivity index (χ0v) is 18.4. The molecule has 26 heavy (non-hydrogen) atoms. The molecule has 0 aromatic carbocycles. The van der Waals surface area contributed by atoms with E-state index in [9.17, 15) is 14.1 Å². The summed E-state index contributed by atoms with van der Waals surface area (Å²) in [7, 11) is 0.521. The summed E-state index contributed by atoms with van der Waals surface area (Å²) in [5.41, 5.74) is -1.25. The number of pyridine rings is 1. The van der Waals surface area contributed by atoms with E-state index in [2.05, 4.69) is 11.6 Å². The van der Waals surface area contributed by atoms with Gasteiger partial charge in [0, 0.05) is 43.1 Å². The fourth-order valence-electron chi connectivity index (χ4n) is 1.87. The SMILES string of the molecule is CCCCS(=O)N[C@@H](C)c1cc(=O)n(C)cc1SOC(C)(C)C(C)(C)O. The van der Waals surface area contributed by atoms with Crippen LogP contribution < -0.4 is 10.3 Å². The summed E-state index contributed by atoms with van der Waals surface area (Å²) in [6.07, 6.45) is 3.57. The number of hydrogen-bond donors (Lipinski definition) is 2. The topological polar surface area (TPSA) is 80.6 Å². The Morgan fingerprint density at radius 2 is 2.00 bits per heavy atom. The van der Waals surface area contributed by atoms with Crippen molar-refractivity contribution in [3.8, 4) is 0 Å². The smallest absolute Gasteiger partial charge is 0.250 e. The molecule has 0 radical (unpaired) electrons. The van der Waals surface area contributed by atoms with Gasteiger partial charge in [-0.1, -0.05) is 13.3 Å². The maximum atomic E-state index is 12.1. The number of aliphatic hydroxyl groups is 1. The zero-order valence-electron chi connectivity index (χ0n) is 16.8. The van der Waals surface area contributed by atoms with Gasteiger partial charge in [0.2, 0.25) is 0 Å². The van der Waals surface area contributed by atoms with Gasteiger partial charge in [-0.3, -0.25) is 4.79 Å². The predicted octanol–water partition coefficient (Wildman–Crippen LogP) is 3.07. The second kappa shape index (κ2) is 9.50. The second-order valence-corrected chi connectivity index (χ2v) is 9.63. The summed E-state index contributed by atoms with van der Waals surface area (Å²) >= 11 is 1.12. The number of nitrogens with zero attached hydrogens (tertiary/aromatic N) is 1. The Kier molecular flexibility index (Phi) is 8.54. The second-order valence-electron chi connectivity index (χ2n) is 7.52. The standard InChI is InChI=1S/C18H32N2O4S2/c1-8-9-10-26(23)19-13(2)14-11-16(21)20(7)12-15(14)25-24-18(5,6)17(3,4)22/h11-13,19,22H,8-10H2,1-7H3/t13-,26?/m0/s1. The van der Waals surface area contributed by atoms with Crippen LogP contribution in [0, 0.1) is 0 Å². The van der Waals surface area contributed by atoms with Crippen LogP contribution in [0.3, 0.4) is 0 Å². The summed E-state index contributed by atoms with van der Waals surface area (Å²) < 4.78 is 22.6. The van der Waals surface area contributed by atoms with Crippen molar-refractivity contribution in [2.45, 2.75) is 76.5 Å². The van der Waals surface area contributed by atoms with E-state index in [1.807, 2.05) is 20.8 Å². The van der Waals surface area contributed by atoms with Gasteiger partial charge in [0.25, 0.3) is 5.56 Å². The highest BCUT2D eigenvalue weighted by Gasteiger charge is 2.37. The van der Waals surface area contributed by atoms with Crippen LogP contribution in [0.4, 0.5) is 0 Å². The number of hydrogen-bond acceptors (Lipinski definition) is 5. The quantitative estimate of drug-likeness (QED) is 0.586. The van der Waals surface area contributed by atoms with Crippen molar-refractivity contribution >= 4 is 23.0 Å². The van der Waals surface area contributed by atoms with E-state index in [1.165, 1.54) is 10.6 Å². The molecule has 150 valence electrons. The Morgan fingerprint density at radius 3 is 2.54 bits per heavy atom. The van der Waals surface area contributed by atoms with Crippen LogP contribution >= 0.6 is 12.0 Å². The number of unbranched alkanes of at least 4 members (excludes halogenated alkanes) is 1. The summed E-state index contributed by atoms with van der Waals surface area (Å²) in [5, 5.41) is 10.3. The van der Waals surface area contributed by atoms with Crippen LogP contribution in [0.15, 0.2) is 22.0 Å². The van der Waals surface area contributed by atoms with Gasteiger partial charge in [-0.2, -0.15) is 0 Å². The van der Waals surface area contributed by atoms with E-state index in [0.29, 0.717) is 5.75 Å². The predicted molar refractivity (Wildman–Crippen MR) is 108 cm³/mol. The molecule has 0 saturated heterocycles. The van der Waals surface area contributed by atoms with Gasteiger partial charge >= 0.3 is 0 Å². The third-order valence-electron chi connectivity index (χ3n) is 4.49. The molecular weight excluding hydrogens is 372 g/mol. The average Bonchev–Trinajstić information content (AvgIpc) is 2.52. The highest BCUT2D eigenvalue weighted by molar-refractivity contribution is 7.94. The molecule has 0 aliphatic heterocycles. The molecule has 1 rings (SSSR count). The molecule has 8 heteroatoms. The van der Waals surface area contributed by atoms with E-state index in [-0.39, 0.29) is 11.6 Å². The van der Waals surface area contributed by atoms with Gasteiger partial charge in [0.1, 0.15) is 5.60 Å². The normalized spacial score (nSPS) is 15.1. The molecule has 1 aromatic rings. The van der Waals surface area contributed by atoms with Gasteiger partial charge in [-0.15, -0.1) is 0 Å². The molecule has 2 N–H and O–H groups in total. The lowest BCUT2D eigenvalue weighted by Gasteiger charge is -2.36. The van der Waals surface area contributed by atoms with E-state index >= 15 is 0 Å². The molecule has 1 heterocycles. The lowest BCUT2D eigenvalue weighted by atomic mass is 9.90. The van der Waals surface area contributed by atoms with Crippen molar-refractivity contribution < 1.29 is 13.5 Å². The first-order chi connectivity index (χ1) is 11.9. The Labute approximate surface area is 163 Å². The Bertz CT molecular complexity index is 681. The molecule has 2 atom stereocenters. The minimum Gasteiger partial charge on any atom is -0.387 e. The Balaban J connectivity index is 3.03. The molecule has 0 aliphatic carbocycles. The number of nitrogens with one attached hydrogen (secondary N) is 1. The molecule has 0 aliphatic rings. The fraction of sp³-hybridized carbons (Fsp3) is 0.722. The molecule has 0 bridgehead atoms. The Hall–Kier alpha value is -0.670. The minimum atomic E-state index is -1.15. The number of aromatic nitrogens is 1. The van der Waals surface area contributed by atoms with Crippen molar-refractivity contribution in [3.05, 3.63) is 28.2 Å². The van der Waals surface area contributed by atoms with Crippen molar-refractivity contribution in [3.63, 3.8) is 0 Å². The van der Waals surface area contributed by atoms with Crippen LogP contribution in [-0.4, -0.2) is 30.8 Å². The van der Waals surface area contributed by atoms with Crippen LogP contribution in [0.5, 0.6) is 0 Å². The van der Waals surface area contributed by atoms with Gasteiger partial charge in [0.05, 0.1) is 21.5 Å². The van der Waals surface area contributed by atoms with E-state index in [0.717, 1.165) is 35.3 Å². The van der Waals surface area contributed by atoms with E-state index in [1.54, 1.807) is 27.1 Å².